The summed E-state index contributed by atoms with van der Waals surface area (Å²) < 4.78 is 1.22. The number of thiophene rings is 1. The average Bonchev–Trinajstić information content (AvgIpc) is 2.72. The number of likely N-dealkylation sites (N-methyl/N-ethyl adjacent to an activating group) is 1. The van der Waals surface area contributed by atoms with Crippen molar-refractivity contribution in [3.63, 3.8) is 0 Å². The molecule has 1 nitrogen and oxygen atoms in total. The van der Waals surface area contributed by atoms with E-state index in [2.05, 4.69) is 73.2 Å². The third-order valence-corrected chi connectivity index (χ3v) is 5.33. The Morgan fingerprint density at radius 2 is 1.90 bits per heavy atom. The summed E-state index contributed by atoms with van der Waals surface area (Å²) in [4.78, 5) is 1.40. The SMILES string of the molecule is CCNC(Cc1ccc(C)c(C)c1)c1cc(Br)sc1C. The molecule has 0 saturated carbocycles. The maximum absolute atomic E-state index is 3.62. The van der Waals surface area contributed by atoms with Gasteiger partial charge in [-0.05, 0) is 78.0 Å². The molecule has 0 aliphatic heterocycles. The molecule has 3 heteroatoms. The van der Waals surface area contributed by atoms with Crippen LogP contribution in [0.4, 0.5) is 0 Å². The lowest BCUT2D eigenvalue weighted by Crippen LogP contribution is -2.23. The maximum Gasteiger partial charge on any atom is 0.0704 e. The summed E-state index contributed by atoms with van der Waals surface area (Å²) in [6.45, 7) is 9.72. The predicted molar refractivity (Wildman–Crippen MR) is 92.8 cm³/mol. The van der Waals surface area contributed by atoms with E-state index in [0.717, 1.165) is 13.0 Å². The Balaban J connectivity index is 2.25. The smallest absolute Gasteiger partial charge is 0.0704 e. The Labute approximate surface area is 134 Å². The molecule has 108 valence electrons. The van der Waals surface area contributed by atoms with Crippen LogP contribution in [0.2, 0.25) is 0 Å². The van der Waals surface area contributed by atoms with Gasteiger partial charge in [-0.3, -0.25) is 0 Å². The first kappa shape index (κ1) is 15.7. The van der Waals surface area contributed by atoms with E-state index in [0.29, 0.717) is 6.04 Å². The Kier molecular flexibility index (Phi) is 5.42. The molecule has 1 heterocycles. The Morgan fingerprint density at radius 3 is 2.45 bits per heavy atom. The summed E-state index contributed by atoms with van der Waals surface area (Å²) >= 11 is 5.42. The summed E-state index contributed by atoms with van der Waals surface area (Å²) in [5.41, 5.74) is 5.56. The van der Waals surface area contributed by atoms with Crippen molar-refractivity contribution < 1.29 is 0 Å². The first-order valence-corrected chi connectivity index (χ1v) is 8.67. The van der Waals surface area contributed by atoms with Gasteiger partial charge in [0, 0.05) is 10.9 Å². The summed E-state index contributed by atoms with van der Waals surface area (Å²) in [6.07, 6.45) is 1.04. The summed E-state index contributed by atoms with van der Waals surface area (Å²) in [6, 6.07) is 9.45. The number of aryl methyl sites for hydroxylation is 3. The molecular formula is C17H22BrNS. The lowest BCUT2D eigenvalue weighted by atomic mass is 9.97. The molecule has 1 atom stereocenters. The zero-order valence-electron chi connectivity index (χ0n) is 12.6. The van der Waals surface area contributed by atoms with E-state index in [-0.39, 0.29) is 0 Å². The van der Waals surface area contributed by atoms with Gasteiger partial charge in [0.05, 0.1) is 3.79 Å². The topological polar surface area (TPSA) is 12.0 Å². The Morgan fingerprint density at radius 1 is 1.15 bits per heavy atom. The predicted octanol–water partition coefficient (Wildman–Crippen LogP) is 5.33. The maximum atomic E-state index is 3.62. The van der Waals surface area contributed by atoms with Gasteiger partial charge in [0.2, 0.25) is 0 Å². The lowest BCUT2D eigenvalue weighted by molar-refractivity contribution is 0.549. The van der Waals surface area contributed by atoms with Gasteiger partial charge in [-0.15, -0.1) is 11.3 Å². The molecule has 1 aromatic carbocycles. The van der Waals surface area contributed by atoms with Crippen molar-refractivity contribution in [1.82, 2.24) is 5.32 Å². The number of benzene rings is 1. The van der Waals surface area contributed by atoms with E-state index in [1.807, 2.05) is 11.3 Å². The first-order valence-electron chi connectivity index (χ1n) is 7.06. The van der Waals surface area contributed by atoms with Crippen LogP contribution in [0.15, 0.2) is 28.1 Å². The van der Waals surface area contributed by atoms with E-state index < -0.39 is 0 Å². The monoisotopic (exact) mass is 351 g/mol. The minimum absolute atomic E-state index is 0.393. The van der Waals surface area contributed by atoms with E-state index in [4.69, 9.17) is 0 Å². The average molecular weight is 352 g/mol. The Bertz CT molecular complexity index is 589. The van der Waals surface area contributed by atoms with E-state index in [1.54, 1.807) is 0 Å². The molecule has 0 radical (unpaired) electrons. The highest BCUT2D eigenvalue weighted by Crippen LogP contribution is 2.32. The minimum Gasteiger partial charge on any atom is -0.310 e. The molecule has 0 aliphatic rings. The number of halogens is 1. The fraction of sp³-hybridized carbons (Fsp3) is 0.412. The summed E-state index contributed by atoms with van der Waals surface area (Å²) in [5, 5.41) is 3.62. The fourth-order valence-electron chi connectivity index (χ4n) is 2.51. The summed E-state index contributed by atoms with van der Waals surface area (Å²) in [5.74, 6) is 0. The van der Waals surface area contributed by atoms with Crippen LogP contribution in [0, 0.1) is 20.8 Å². The van der Waals surface area contributed by atoms with Gasteiger partial charge < -0.3 is 5.32 Å². The van der Waals surface area contributed by atoms with Crippen LogP contribution in [0.25, 0.3) is 0 Å². The van der Waals surface area contributed by atoms with Crippen molar-refractivity contribution in [3.8, 4) is 0 Å². The molecule has 1 N–H and O–H groups in total. The highest BCUT2D eigenvalue weighted by Gasteiger charge is 2.16. The standard InChI is InChI=1S/C17H22BrNS/c1-5-19-16(15-10-17(18)20-13(15)4)9-14-7-6-11(2)12(3)8-14/h6-8,10,16,19H,5,9H2,1-4H3. The van der Waals surface area contributed by atoms with Crippen LogP contribution in [-0.4, -0.2) is 6.54 Å². The molecule has 1 unspecified atom stereocenters. The van der Waals surface area contributed by atoms with Crippen molar-refractivity contribution >= 4 is 27.3 Å². The van der Waals surface area contributed by atoms with E-state index >= 15 is 0 Å². The van der Waals surface area contributed by atoms with Crippen LogP contribution >= 0.6 is 27.3 Å². The fourth-order valence-corrected chi connectivity index (χ4v) is 4.28. The minimum atomic E-state index is 0.393. The molecule has 2 rings (SSSR count). The van der Waals surface area contributed by atoms with E-state index in [9.17, 15) is 0 Å². The third kappa shape index (κ3) is 3.72. The second kappa shape index (κ2) is 6.88. The number of hydrogen-bond donors (Lipinski definition) is 1. The molecule has 0 aliphatic carbocycles. The zero-order valence-corrected chi connectivity index (χ0v) is 15.0. The normalized spacial score (nSPS) is 12.7. The Hall–Kier alpha value is -0.640. The van der Waals surface area contributed by atoms with Crippen LogP contribution in [0.1, 0.15) is 40.1 Å². The van der Waals surface area contributed by atoms with Gasteiger partial charge in [-0.25, -0.2) is 0 Å². The molecule has 20 heavy (non-hydrogen) atoms. The first-order chi connectivity index (χ1) is 9.51. The molecular weight excluding hydrogens is 330 g/mol. The zero-order chi connectivity index (χ0) is 14.7. The number of nitrogens with one attached hydrogen (secondary N) is 1. The number of rotatable bonds is 5. The molecule has 0 amide bonds. The van der Waals surface area contributed by atoms with Crippen molar-refractivity contribution in [2.24, 2.45) is 0 Å². The third-order valence-electron chi connectivity index (χ3n) is 3.76. The van der Waals surface area contributed by atoms with Gasteiger partial charge >= 0.3 is 0 Å². The summed E-state index contributed by atoms with van der Waals surface area (Å²) in [7, 11) is 0. The lowest BCUT2D eigenvalue weighted by Gasteiger charge is -2.19. The van der Waals surface area contributed by atoms with Gasteiger partial charge in [-0.2, -0.15) is 0 Å². The quantitative estimate of drug-likeness (QED) is 0.767. The van der Waals surface area contributed by atoms with Crippen molar-refractivity contribution in [3.05, 3.63) is 55.2 Å². The molecule has 0 bridgehead atoms. The van der Waals surface area contributed by atoms with Crippen LogP contribution in [0.5, 0.6) is 0 Å². The van der Waals surface area contributed by atoms with Crippen LogP contribution in [0.3, 0.4) is 0 Å². The van der Waals surface area contributed by atoms with Crippen molar-refractivity contribution in [1.29, 1.82) is 0 Å². The largest absolute Gasteiger partial charge is 0.310 e. The van der Waals surface area contributed by atoms with Crippen LogP contribution in [-0.2, 0) is 6.42 Å². The molecule has 0 spiro atoms. The van der Waals surface area contributed by atoms with Gasteiger partial charge in [0.25, 0.3) is 0 Å². The van der Waals surface area contributed by atoms with Gasteiger partial charge in [0.15, 0.2) is 0 Å². The van der Waals surface area contributed by atoms with Crippen molar-refractivity contribution in [2.75, 3.05) is 6.54 Å². The highest BCUT2D eigenvalue weighted by atomic mass is 79.9. The molecule has 0 fully saturated rings. The van der Waals surface area contributed by atoms with Crippen LogP contribution < -0.4 is 5.32 Å². The van der Waals surface area contributed by atoms with E-state index in [1.165, 1.54) is 30.9 Å². The number of hydrogen-bond acceptors (Lipinski definition) is 2. The van der Waals surface area contributed by atoms with Crippen molar-refractivity contribution in [2.45, 2.75) is 40.2 Å². The van der Waals surface area contributed by atoms with Gasteiger partial charge in [-0.1, -0.05) is 25.1 Å². The second-order valence-corrected chi connectivity index (χ2v) is 7.93. The second-order valence-electron chi connectivity index (χ2n) is 5.30. The molecule has 0 saturated heterocycles. The highest BCUT2D eigenvalue weighted by molar-refractivity contribution is 9.11. The molecule has 1 aromatic heterocycles. The molecule has 2 aromatic rings. The van der Waals surface area contributed by atoms with Gasteiger partial charge in [0.1, 0.15) is 0 Å².